The van der Waals surface area contributed by atoms with Crippen molar-refractivity contribution in [3.63, 3.8) is 0 Å². The number of hydrogen-bond acceptors (Lipinski definition) is 3. The zero-order valence-electron chi connectivity index (χ0n) is 13.2. The molecule has 0 spiro atoms. The topological polar surface area (TPSA) is 46.9 Å². The number of anilines is 2. The van der Waals surface area contributed by atoms with Crippen LogP contribution in [0.5, 0.6) is 0 Å². The second-order valence-electron chi connectivity index (χ2n) is 5.58. The lowest BCUT2D eigenvalue weighted by atomic mass is 10.2. The minimum Gasteiger partial charge on any atom is -0.341 e. The van der Waals surface area contributed by atoms with Crippen molar-refractivity contribution in [2.45, 2.75) is 0 Å². The molecular formula is C20H14FN3O. The van der Waals surface area contributed by atoms with Crippen LogP contribution in [-0.4, -0.2) is 9.55 Å². The maximum absolute atomic E-state index is 13.6. The third kappa shape index (κ3) is 2.87. The SMILES string of the molecule is O=c1cc(Nc2ccccc2)n(-c2ccccc2)c2ncc(F)cc12. The van der Waals surface area contributed by atoms with Gasteiger partial charge >= 0.3 is 0 Å². The Hall–Kier alpha value is -3.47. The van der Waals surface area contributed by atoms with E-state index in [0.717, 1.165) is 17.6 Å². The first-order valence-corrected chi connectivity index (χ1v) is 7.81. The van der Waals surface area contributed by atoms with Gasteiger partial charge in [0.1, 0.15) is 17.3 Å². The molecule has 0 aliphatic carbocycles. The highest BCUT2D eigenvalue weighted by atomic mass is 19.1. The van der Waals surface area contributed by atoms with Crippen LogP contribution in [0.25, 0.3) is 16.7 Å². The average Bonchev–Trinajstić information content (AvgIpc) is 2.64. The lowest BCUT2D eigenvalue weighted by Crippen LogP contribution is -2.13. The predicted molar refractivity (Wildman–Crippen MR) is 97.0 cm³/mol. The van der Waals surface area contributed by atoms with Gasteiger partial charge in [0.25, 0.3) is 0 Å². The Morgan fingerprint density at radius 3 is 2.32 bits per heavy atom. The average molecular weight is 331 g/mol. The molecule has 0 saturated heterocycles. The molecule has 0 saturated carbocycles. The zero-order valence-corrected chi connectivity index (χ0v) is 13.2. The van der Waals surface area contributed by atoms with Crippen molar-refractivity contribution in [3.05, 3.63) is 95.0 Å². The Morgan fingerprint density at radius 1 is 0.920 bits per heavy atom. The number of halogens is 1. The predicted octanol–water partition coefficient (Wildman–Crippen LogP) is 4.27. The van der Waals surface area contributed by atoms with E-state index in [0.29, 0.717) is 11.5 Å². The van der Waals surface area contributed by atoms with Crippen LogP contribution in [0, 0.1) is 5.82 Å². The Morgan fingerprint density at radius 2 is 1.60 bits per heavy atom. The fourth-order valence-corrected chi connectivity index (χ4v) is 2.77. The summed E-state index contributed by atoms with van der Waals surface area (Å²) in [5.41, 5.74) is 1.78. The quantitative estimate of drug-likeness (QED) is 0.610. The molecule has 1 N–H and O–H groups in total. The third-order valence-electron chi connectivity index (χ3n) is 3.88. The van der Waals surface area contributed by atoms with Crippen LogP contribution in [0.3, 0.4) is 0 Å². The van der Waals surface area contributed by atoms with Crippen LogP contribution in [-0.2, 0) is 0 Å². The smallest absolute Gasteiger partial charge is 0.193 e. The van der Waals surface area contributed by atoms with Crippen molar-refractivity contribution in [1.82, 2.24) is 9.55 Å². The van der Waals surface area contributed by atoms with E-state index in [-0.39, 0.29) is 10.8 Å². The van der Waals surface area contributed by atoms with Crippen LogP contribution < -0.4 is 10.7 Å². The van der Waals surface area contributed by atoms with Crippen LogP contribution >= 0.6 is 0 Å². The number of nitrogens with zero attached hydrogens (tertiary/aromatic N) is 2. The minimum atomic E-state index is -0.534. The van der Waals surface area contributed by atoms with Crippen LogP contribution in [0.1, 0.15) is 0 Å². The first-order valence-electron chi connectivity index (χ1n) is 7.81. The van der Waals surface area contributed by atoms with Crippen LogP contribution in [0.2, 0.25) is 0 Å². The number of hydrogen-bond donors (Lipinski definition) is 1. The van der Waals surface area contributed by atoms with Crippen LogP contribution in [0.4, 0.5) is 15.9 Å². The first-order chi connectivity index (χ1) is 12.2. The van der Waals surface area contributed by atoms with Gasteiger partial charge in [0.2, 0.25) is 0 Å². The molecule has 0 fully saturated rings. The number of pyridine rings is 2. The summed E-state index contributed by atoms with van der Waals surface area (Å²) < 4.78 is 15.4. The number of rotatable bonds is 3. The minimum absolute atomic E-state index is 0.238. The highest BCUT2D eigenvalue weighted by Crippen LogP contribution is 2.24. The molecule has 4 rings (SSSR count). The lowest BCUT2D eigenvalue weighted by molar-refractivity contribution is 0.623. The summed E-state index contributed by atoms with van der Waals surface area (Å²) in [5, 5.41) is 3.49. The molecule has 0 amide bonds. The van der Waals surface area contributed by atoms with E-state index in [1.165, 1.54) is 12.1 Å². The van der Waals surface area contributed by atoms with Gasteiger partial charge in [-0.25, -0.2) is 9.37 Å². The summed E-state index contributed by atoms with van der Waals surface area (Å²) in [6.07, 6.45) is 1.12. The highest BCUT2D eigenvalue weighted by molar-refractivity contribution is 5.80. The van der Waals surface area contributed by atoms with E-state index in [9.17, 15) is 9.18 Å². The van der Waals surface area contributed by atoms with Crippen molar-refractivity contribution < 1.29 is 4.39 Å². The molecule has 5 heteroatoms. The summed E-state index contributed by atoms with van der Waals surface area (Å²) in [5.74, 6) is 0.0296. The number of benzene rings is 2. The number of para-hydroxylation sites is 2. The summed E-state index contributed by atoms with van der Waals surface area (Å²) in [4.78, 5) is 16.6. The normalized spacial score (nSPS) is 10.8. The third-order valence-corrected chi connectivity index (χ3v) is 3.88. The molecule has 4 nitrogen and oxygen atoms in total. The lowest BCUT2D eigenvalue weighted by Gasteiger charge is -2.17. The van der Waals surface area contributed by atoms with Gasteiger partial charge in [-0.15, -0.1) is 0 Å². The van der Waals surface area contributed by atoms with Gasteiger partial charge in [0.15, 0.2) is 5.43 Å². The van der Waals surface area contributed by atoms with E-state index in [1.54, 1.807) is 0 Å². The van der Waals surface area contributed by atoms with E-state index < -0.39 is 5.82 Å². The van der Waals surface area contributed by atoms with E-state index in [4.69, 9.17) is 0 Å². The number of fused-ring (bicyclic) bond motifs is 1. The molecule has 4 aromatic rings. The molecule has 2 aromatic carbocycles. The number of nitrogens with one attached hydrogen (secondary N) is 1. The van der Waals surface area contributed by atoms with Crippen molar-refractivity contribution in [1.29, 1.82) is 0 Å². The number of aromatic nitrogens is 2. The molecule has 0 atom stereocenters. The van der Waals surface area contributed by atoms with Gasteiger partial charge in [-0.05, 0) is 30.3 Å². The van der Waals surface area contributed by atoms with Crippen molar-refractivity contribution in [3.8, 4) is 5.69 Å². The molecule has 0 bridgehead atoms. The molecule has 0 aliphatic rings. The van der Waals surface area contributed by atoms with Crippen molar-refractivity contribution in [2.75, 3.05) is 5.32 Å². The maximum atomic E-state index is 13.6. The summed E-state index contributed by atoms with van der Waals surface area (Å²) in [7, 11) is 0. The van der Waals surface area contributed by atoms with Gasteiger partial charge in [-0.1, -0.05) is 36.4 Å². The molecule has 0 radical (unpaired) electrons. The van der Waals surface area contributed by atoms with Gasteiger partial charge in [0.05, 0.1) is 11.6 Å². The van der Waals surface area contributed by atoms with Crippen molar-refractivity contribution in [2.24, 2.45) is 0 Å². The monoisotopic (exact) mass is 331 g/mol. The highest BCUT2D eigenvalue weighted by Gasteiger charge is 2.13. The van der Waals surface area contributed by atoms with Crippen LogP contribution in [0.15, 0.2) is 83.8 Å². The van der Waals surface area contributed by atoms with Gasteiger partial charge in [-0.2, -0.15) is 0 Å². The Bertz CT molecular complexity index is 1090. The zero-order chi connectivity index (χ0) is 17.2. The molecule has 25 heavy (non-hydrogen) atoms. The van der Waals surface area contributed by atoms with E-state index >= 15 is 0 Å². The molecule has 0 aliphatic heterocycles. The molecule has 0 unspecified atom stereocenters. The van der Waals surface area contributed by atoms with E-state index in [1.807, 2.05) is 65.2 Å². The van der Waals surface area contributed by atoms with E-state index in [2.05, 4.69) is 10.3 Å². The summed E-state index contributed by atoms with van der Waals surface area (Å²) in [6.45, 7) is 0. The summed E-state index contributed by atoms with van der Waals surface area (Å²) in [6, 6.07) is 21.7. The second kappa shape index (κ2) is 6.20. The molecule has 122 valence electrons. The Kier molecular flexibility index (Phi) is 3.74. The standard InChI is InChI=1S/C20H14FN3O/c21-14-11-17-18(25)12-19(23-15-7-3-1-4-8-15)24(20(17)22-13-14)16-9-5-2-6-10-16/h1-13,23H. The Labute approximate surface area is 143 Å². The molecule has 2 heterocycles. The van der Waals surface area contributed by atoms with Gasteiger partial charge in [0, 0.05) is 17.4 Å². The fraction of sp³-hybridized carbons (Fsp3) is 0. The first kappa shape index (κ1) is 15.1. The Balaban J connectivity index is 2.01. The van der Waals surface area contributed by atoms with Gasteiger partial charge < -0.3 is 5.32 Å². The molecular weight excluding hydrogens is 317 g/mol. The largest absolute Gasteiger partial charge is 0.341 e. The fourth-order valence-electron chi connectivity index (χ4n) is 2.77. The molecule has 2 aromatic heterocycles. The summed E-state index contributed by atoms with van der Waals surface area (Å²) >= 11 is 0. The van der Waals surface area contributed by atoms with Gasteiger partial charge in [-0.3, -0.25) is 9.36 Å². The maximum Gasteiger partial charge on any atom is 0.193 e. The van der Waals surface area contributed by atoms with Crippen molar-refractivity contribution >= 4 is 22.5 Å². The second-order valence-corrected chi connectivity index (χ2v) is 5.58.